The van der Waals surface area contributed by atoms with E-state index < -0.39 is 11.4 Å². The third-order valence-electron chi connectivity index (χ3n) is 6.78. The van der Waals surface area contributed by atoms with Crippen molar-refractivity contribution in [3.05, 3.63) is 11.6 Å². The fourth-order valence-corrected chi connectivity index (χ4v) is 5.91. The van der Waals surface area contributed by atoms with Crippen LogP contribution in [0.15, 0.2) is 11.6 Å². The van der Waals surface area contributed by atoms with Gasteiger partial charge in [-0.05, 0) is 18.8 Å². The molecular weight excluding hydrogens is 284 g/mol. The molecule has 118 valence electrons. The van der Waals surface area contributed by atoms with Gasteiger partial charge < -0.3 is 15.2 Å². The van der Waals surface area contributed by atoms with Crippen LogP contribution in [0.3, 0.4) is 0 Å². The number of hydrogen-bond donors (Lipinski definition) is 2. The number of rotatable bonds is 1. The number of carbonyl (C=O) groups excluding carboxylic acids is 1. The second kappa shape index (κ2) is 4.11. The summed E-state index contributed by atoms with van der Waals surface area (Å²) >= 11 is 0. The van der Waals surface area contributed by atoms with Crippen LogP contribution < -0.4 is 5.32 Å². The molecule has 6 heteroatoms. The van der Waals surface area contributed by atoms with Crippen LogP contribution in [0, 0.1) is 17.3 Å². The summed E-state index contributed by atoms with van der Waals surface area (Å²) in [6.45, 7) is 2.23. The average molecular weight is 304 g/mol. The van der Waals surface area contributed by atoms with E-state index in [4.69, 9.17) is 4.74 Å². The number of hydrogen-bond acceptors (Lipinski definition) is 4. The molecule has 1 aliphatic carbocycles. The molecular formula is C16H20N2O4. The first-order valence-electron chi connectivity index (χ1n) is 8.18. The Hall–Kier alpha value is -1.40. The van der Waals surface area contributed by atoms with Crippen LogP contribution in [-0.2, 0) is 14.3 Å². The van der Waals surface area contributed by atoms with Gasteiger partial charge in [-0.2, -0.15) is 0 Å². The van der Waals surface area contributed by atoms with E-state index in [9.17, 15) is 14.7 Å². The summed E-state index contributed by atoms with van der Waals surface area (Å²) in [5, 5.41) is 13.1. The Balaban J connectivity index is 1.70. The predicted molar refractivity (Wildman–Crippen MR) is 76.0 cm³/mol. The largest absolute Gasteiger partial charge is 0.481 e. The van der Waals surface area contributed by atoms with Gasteiger partial charge in [0.05, 0.1) is 25.2 Å². The summed E-state index contributed by atoms with van der Waals surface area (Å²) in [7, 11) is 0. The fraction of sp³-hybridized carbons (Fsp3) is 0.750. The maximum absolute atomic E-state index is 12.3. The zero-order valence-electron chi connectivity index (χ0n) is 12.3. The molecule has 4 heterocycles. The highest BCUT2D eigenvalue weighted by Gasteiger charge is 2.68. The van der Waals surface area contributed by atoms with Gasteiger partial charge in [0, 0.05) is 25.0 Å². The molecule has 1 amide bonds. The fourth-order valence-electron chi connectivity index (χ4n) is 5.91. The van der Waals surface area contributed by atoms with Crippen molar-refractivity contribution in [2.24, 2.45) is 17.3 Å². The van der Waals surface area contributed by atoms with E-state index in [2.05, 4.69) is 16.3 Å². The first-order valence-corrected chi connectivity index (χ1v) is 8.18. The number of ether oxygens (including phenoxy) is 1. The van der Waals surface area contributed by atoms with Gasteiger partial charge in [-0.25, -0.2) is 0 Å². The first-order chi connectivity index (χ1) is 10.6. The molecule has 2 N–H and O–H groups in total. The Bertz CT molecular complexity index is 603. The first kappa shape index (κ1) is 13.1. The highest BCUT2D eigenvalue weighted by Crippen LogP contribution is 2.58. The molecule has 0 aromatic rings. The highest BCUT2D eigenvalue weighted by molar-refractivity contribution is 5.83. The lowest BCUT2D eigenvalue weighted by Crippen LogP contribution is -2.71. The molecule has 5 aliphatic rings. The Kier molecular flexibility index (Phi) is 2.45. The van der Waals surface area contributed by atoms with Crippen molar-refractivity contribution in [3.8, 4) is 0 Å². The van der Waals surface area contributed by atoms with E-state index in [0.717, 1.165) is 19.5 Å². The van der Waals surface area contributed by atoms with Crippen LogP contribution >= 0.6 is 0 Å². The minimum atomic E-state index is -0.839. The van der Waals surface area contributed by atoms with E-state index in [1.165, 1.54) is 5.57 Å². The Morgan fingerprint density at radius 1 is 1.50 bits per heavy atom. The van der Waals surface area contributed by atoms with E-state index in [0.29, 0.717) is 25.4 Å². The molecule has 0 aromatic heterocycles. The lowest BCUT2D eigenvalue weighted by Gasteiger charge is -2.57. The summed E-state index contributed by atoms with van der Waals surface area (Å²) in [6.07, 6.45) is 3.92. The SMILES string of the molecule is O=C1CC2OCC=C3CN4CCC5(C(=O)O)C(N1)C2C3CC45. The number of amides is 1. The lowest BCUT2D eigenvalue weighted by molar-refractivity contribution is -0.168. The van der Waals surface area contributed by atoms with Gasteiger partial charge in [0.15, 0.2) is 0 Å². The van der Waals surface area contributed by atoms with Crippen molar-refractivity contribution in [3.63, 3.8) is 0 Å². The monoisotopic (exact) mass is 304 g/mol. The number of fused-ring (bicyclic) bond motifs is 1. The number of carbonyl (C=O) groups is 2. The summed E-state index contributed by atoms with van der Waals surface area (Å²) in [6, 6.07) is -0.252. The molecule has 6 nitrogen and oxygen atoms in total. The van der Waals surface area contributed by atoms with Crippen molar-refractivity contribution in [1.82, 2.24) is 10.2 Å². The lowest BCUT2D eigenvalue weighted by atomic mass is 9.54. The predicted octanol–water partition coefficient (Wildman–Crippen LogP) is -0.00490. The summed E-state index contributed by atoms with van der Waals surface area (Å²) in [5.41, 5.74) is 0.556. The quantitative estimate of drug-likeness (QED) is 0.667. The van der Waals surface area contributed by atoms with Gasteiger partial charge >= 0.3 is 5.97 Å². The van der Waals surface area contributed by atoms with Gasteiger partial charge in [-0.1, -0.05) is 11.6 Å². The molecule has 0 spiro atoms. The minimum Gasteiger partial charge on any atom is -0.481 e. The van der Waals surface area contributed by atoms with Crippen LogP contribution in [0.5, 0.6) is 0 Å². The maximum atomic E-state index is 12.3. The smallest absolute Gasteiger partial charge is 0.313 e. The maximum Gasteiger partial charge on any atom is 0.313 e. The van der Waals surface area contributed by atoms with Crippen LogP contribution in [0.4, 0.5) is 0 Å². The molecule has 4 aliphatic heterocycles. The summed E-state index contributed by atoms with van der Waals surface area (Å²) < 4.78 is 5.95. The number of carboxylic acid groups (broad SMARTS) is 1. The van der Waals surface area contributed by atoms with Gasteiger partial charge in [0.25, 0.3) is 0 Å². The van der Waals surface area contributed by atoms with Crippen LogP contribution in [0.1, 0.15) is 19.3 Å². The summed E-state index contributed by atoms with van der Waals surface area (Å²) in [5.74, 6) is -0.334. The second-order valence-electron chi connectivity index (χ2n) is 7.40. The third-order valence-corrected chi connectivity index (χ3v) is 6.78. The molecule has 0 radical (unpaired) electrons. The third kappa shape index (κ3) is 1.38. The molecule has 6 atom stereocenters. The van der Waals surface area contributed by atoms with Gasteiger partial charge in [0.2, 0.25) is 5.91 Å². The average Bonchev–Trinajstić information content (AvgIpc) is 2.79. The van der Waals surface area contributed by atoms with Crippen molar-refractivity contribution < 1.29 is 19.4 Å². The molecule has 4 fully saturated rings. The number of aliphatic carboxylic acids is 1. The van der Waals surface area contributed by atoms with Gasteiger partial charge in [0.1, 0.15) is 5.41 Å². The zero-order valence-corrected chi connectivity index (χ0v) is 12.3. The van der Waals surface area contributed by atoms with Crippen molar-refractivity contribution in [2.45, 2.75) is 37.5 Å². The van der Waals surface area contributed by atoms with Crippen LogP contribution in [0.25, 0.3) is 0 Å². The molecule has 1 saturated carbocycles. The highest BCUT2D eigenvalue weighted by atomic mass is 16.5. The molecule has 22 heavy (non-hydrogen) atoms. The molecule has 6 unspecified atom stereocenters. The van der Waals surface area contributed by atoms with E-state index in [-0.39, 0.29) is 30.0 Å². The standard InChI is InChI=1S/C16H20N2O4/c19-12-6-10-13-9-5-11-16(15(20)21,14(13)17-12)2-3-18(11)7-8(9)1-4-22-10/h1,9-11,13-14H,2-7H2,(H,17,19)(H,20,21). The normalized spacial score (nSPS) is 49.2. The topological polar surface area (TPSA) is 78.9 Å². The van der Waals surface area contributed by atoms with E-state index >= 15 is 0 Å². The zero-order chi connectivity index (χ0) is 15.1. The molecule has 0 aromatic carbocycles. The number of carboxylic acids is 1. The number of piperidine rings is 2. The summed E-state index contributed by atoms with van der Waals surface area (Å²) in [4.78, 5) is 26.7. The van der Waals surface area contributed by atoms with Crippen LogP contribution in [0.2, 0.25) is 0 Å². The minimum absolute atomic E-state index is 0.0468. The Morgan fingerprint density at radius 3 is 3.18 bits per heavy atom. The Labute approximate surface area is 128 Å². The number of nitrogens with one attached hydrogen (secondary N) is 1. The molecule has 5 rings (SSSR count). The van der Waals surface area contributed by atoms with Crippen molar-refractivity contribution >= 4 is 11.9 Å². The van der Waals surface area contributed by atoms with Gasteiger partial charge in [-0.3, -0.25) is 14.5 Å². The van der Waals surface area contributed by atoms with Crippen molar-refractivity contribution in [1.29, 1.82) is 0 Å². The van der Waals surface area contributed by atoms with E-state index in [1.807, 2.05) is 0 Å². The van der Waals surface area contributed by atoms with Crippen molar-refractivity contribution in [2.75, 3.05) is 19.7 Å². The van der Waals surface area contributed by atoms with E-state index in [1.54, 1.807) is 0 Å². The van der Waals surface area contributed by atoms with Crippen LogP contribution in [-0.4, -0.2) is 59.8 Å². The number of nitrogens with zero attached hydrogens (tertiary/aromatic N) is 1. The molecule has 2 bridgehead atoms. The second-order valence-corrected chi connectivity index (χ2v) is 7.40. The Morgan fingerprint density at radius 2 is 2.36 bits per heavy atom. The molecule has 3 saturated heterocycles. The van der Waals surface area contributed by atoms with Gasteiger partial charge in [-0.15, -0.1) is 0 Å².